The Morgan fingerprint density at radius 1 is 1.42 bits per heavy atom. The van der Waals surface area contributed by atoms with Crippen molar-refractivity contribution in [2.45, 2.75) is 24.0 Å². The van der Waals surface area contributed by atoms with E-state index in [4.69, 9.17) is 11.6 Å². The maximum atomic E-state index is 12.3. The molecule has 0 amide bonds. The molecule has 1 saturated carbocycles. The van der Waals surface area contributed by atoms with E-state index in [2.05, 4.69) is 4.72 Å². The number of hydrogen-bond acceptors (Lipinski definition) is 3. The number of aryl methyl sites for hydroxylation is 1. The van der Waals surface area contributed by atoms with Crippen molar-refractivity contribution in [1.29, 1.82) is 0 Å². The van der Waals surface area contributed by atoms with E-state index in [1.54, 1.807) is 6.07 Å². The zero-order valence-electron chi connectivity index (χ0n) is 10.4. The maximum Gasteiger partial charge on any atom is 0.250 e. The third kappa shape index (κ3) is 2.65. The average molecular weight is 316 g/mol. The van der Waals surface area contributed by atoms with Crippen LogP contribution in [-0.4, -0.2) is 15.0 Å². The Labute approximate surface area is 121 Å². The number of halogens is 1. The largest absolute Gasteiger partial charge is 0.250 e. The molecule has 0 unspecified atom stereocenters. The van der Waals surface area contributed by atoms with Gasteiger partial charge in [-0.05, 0) is 54.8 Å². The van der Waals surface area contributed by atoms with E-state index in [1.807, 2.05) is 19.1 Å². The number of sulfonamides is 1. The van der Waals surface area contributed by atoms with Gasteiger partial charge in [0.2, 0.25) is 10.0 Å². The first-order valence-electron chi connectivity index (χ1n) is 6.16. The van der Waals surface area contributed by atoms with Gasteiger partial charge >= 0.3 is 0 Å². The summed E-state index contributed by atoms with van der Waals surface area (Å²) in [6.07, 6.45) is 2.26. The van der Waals surface area contributed by atoms with Crippen molar-refractivity contribution in [3.05, 3.63) is 28.8 Å². The van der Waals surface area contributed by atoms with E-state index in [0.717, 1.165) is 28.5 Å². The average Bonchev–Trinajstić information content (AvgIpc) is 3.13. The molecule has 6 heteroatoms. The normalized spacial score (nSPS) is 16.1. The molecule has 1 aromatic heterocycles. The quantitative estimate of drug-likeness (QED) is 0.937. The van der Waals surface area contributed by atoms with Gasteiger partial charge in [0.25, 0.3) is 0 Å². The Morgan fingerprint density at radius 3 is 2.84 bits per heavy atom. The van der Waals surface area contributed by atoms with E-state index >= 15 is 0 Å². The highest BCUT2D eigenvalue weighted by atomic mass is 35.5. The van der Waals surface area contributed by atoms with Gasteiger partial charge < -0.3 is 0 Å². The lowest BCUT2D eigenvalue weighted by Crippen LogP contribution is -2.25. The number of thiophene rings is 1. The molecule has 3 rings (SSSR count). The summed E-state index contributed by atoms with van der Waals surface area (Å²) in [5.74, 6) is 0.527. The second-order valence-electron chi connectivity index (χ2n) is 4.95. The zero-order chi connectivity index (χ0) is 13.6. The molecule has 19 heavy (non-hydrogen) atoms. The van der Waals surface area contributed by atoms with Gasteiger partial charge in [0, 0.05) is 16.3 Å². The molecule has 2 aromatic rings. The molecule has 1 fully saturated rings. The smallest absolute Gasteiger partial charge is 0.210 e. The number of hydrogen-bond donors (Lipinski definition) is 1. The highest BCUT2D eigenvalue weighted by Gasteiger charge is 2.26. The Hall–Kier alpha value is -0.620. The monoisotopic (exact) mass is 315 g/mol. The molecule has 1 N–H and O–H groups in total. The van der Waals surface area contributed by atoms with E-state index in [1.165, 1.54) is 11.3 Å². The van der Waals surface area contributed by atoms with Crippen LogP contribution in [-0.2, 0) is 10.0 Å². The first-order valence-corrected chi connectivity index (χ1v) is 8.83. The van der Waals surface area contributed by atoms with Crippen molar-refractivity contribution >= 4 is 43.0 Å². The highest BCUT2D eigenvalue weighted by Crippen LogP contribution is 2.36. The third-order valence-electron chi connectivity index (χ3n) is 3.36. The van der Waals surface area contributed by atoms with E-state index < -0.39 is 10.0 Å². The lowest BCUT2D eigenvalue weighted by molar-refractivity contribution is 0.579. The van der Waals surface area contributed by atoms with Crippen molar-refractivity contribution in [2.75, 3.05) is 6.54 Å². The maximum absolute atomic E-state index is 12.3. The van der Waals surface area contributed by atoms with Gasteiger partial charge in [-0.15, -0.1) is 11.3 Å². The molecule has 0 bridgehead atoms. The van der Waals surface area contributed by atoms with Crippen molar-refractivity contribution < 1.29 is 8.42 Å². The van der Waals surface area contributed by atoms with Gasteiger partial charge in [-0.1, -0.05) is 11.6 Å². The van der Waals surface area contributed by atoms with Gasteiger partial charge in [0.05, 0.1) is 0 Å². The summed E-state index contributed by atoms with van der Waals surface area (Å²) < 4.78 is 28.7. The fraction of sp³-hybridized carbons (Fsp3) is 0.385. The van der Waals surface area contributed by atoms with Crippen molar-refractivity contribution in [2.24, 2.45) is 5.92 Å². The molecule has 0 atom stereocenters. The van der Waals surface area contributed by atoms with Gasteiger partial charge in [-0.25, -0.2) is 13.1 Å². The summed E-state index contributed by atoms with van der Waals surface area (Å²) in [5, 5.41) is 1.55. The van der Waals surface area contributed by atoms with Crippen LogP contribution in [0.3, 0.4) is 0 Å². The van der Waals surface area contributed by atoms with Crippen LogP contribution in [0.2, 0.25) is 5.02 Å². The summed E-state index contributed by atoms with van der Waals surface area (Å²) in [6, 6.07) is 5.48. The number of rotatable bonds is 4. The van der Waals surface area contributed by atoms with Gasteiger partial charge in [0.15, 0.2) is 0 Å². The topological polar surface area (TPSA) is 46.2 Å². The lowest BCUT2D eigenvalue weighted by atomic mass is 10.2. The fourth-order valence-electron chi connectivity index (χ4n) is 2.04. The second kappa shape index (κ2) is 4.74. The summed E-state index contributed by atoms with van der Waals surface area (Å²) in [4.78, 5) is 0. The van der Waals surface area contributed by atoms with Gasteiger partial charge in [-0.3, -0.25) is 0 Å². The Bertz CT molecular complexity index is 732. The van der Waals surface area contributed by atoms with Gasteiger partial charge in [-0.2, -0.15) is 0 Å². The minimum atomic E-state index is -3.40. The van der Waals surface area contributed by atoms with Crippen LogP contribution < -0.4 is 4.72 Å². The summed E-state index contributed by atoms with van der Waals surface area (Å²) in [5.41, 5.74) is 0.783. The summed E-state index contributed by atoms with van der Waals surface area (Å²) in [7, 11) is -3.40. The van der Waals surface area contributed by atoms with Crippen LogP contribution >= 0.6 is 22.9 Å². The summed E-state index contributed by atoms with van der Waals surface area (Å²) in [6.45, 7) is 2.39. The number of fused-ring (bicyclic) bond motifs is 1. The lowest BCUT2D eigenvalue weighted by Gasteiger charge is -2.04. The van der Waals surface area contributed by atoms with Crippen LogP contribution in [0.4, 0.5) is 0 Å². The molecule has 0 saturated heterocycles. The van der Waals surface area contributed by atoms with E-state index in [9.17, 15) is 8.42 Å². The van der Waals surface area contributed by atoms with Crippen LogP contribution in [0.1, 0.15) is 18.4 Å². The van der Waals surface area contributed by atoms with Crippen molar-refractivity contribution in [1.82, 2.24) is 4.72 Å². The Morgan fingerprint density at radius 2 is 2.16 bits per heavy atom. The van der Waals surface area contributed by atoms with E-state index in [-0.39, 0.29) is 0 Å². The predicted octanol–water partition coefficient (Wildman–Crippen LogP) is 3.55. The van der Waals surface area contributed by atoms with E-state index in [0.29, 0.717) is 21.7 Å². The molecule has 0 radical (unpaired) electrons. The summed E-state index contributed by atoms with van der Waals surface area (Å²) >= 11 is 7.27. The third-order valence-corrected chi connectivity index (χ3v) is 6.91. The molecule has 1 aromatic carbocycles. The van der Waals surface area contributed by atoms with Crippen LogP contribution in [0.25, 0.3) is 10.1 Å². The minimum Gasteiger partial charge on any atom is -0.210 e. The first-order chi connectivity index (χ1) is 8.97. The van der Waals surface area contributed by atoms with Gasteiger partial charge in [0.1, 0.15) is 4.21 Å². The molecule has 1 aliphatic rings. The van der Waals surface area contributed by atoms with Crippen LogP contribution in [0.15, 0.2) is 22.4 Å². The van der Waals surface area contributed by atoms with Crippen LogP contribution in [0.5, 0.6) is 0 Å². The predicted molar refractivity (Wildman–Crippen MR) is 79.5 cm³/mol. The van der Waals surface area contributed by atoms with Crippen molar-refractivity contribution in [3.63, 3.8) is 0 Å². The molecule has 0 spiro atoms. The Kier molecular flexibility index (Phi) is 3.33. The Balaban J connectivity index is 2.01. The molecular weight excluding hydrogens is 302 g/mol. The second-order valence-corrected chi connectivity index (χ2v) is 8.40. The molecule has 102 valence electrons. The van der Waals surface area contributed by atoms with Crippen LogP contribution in [0, 0.1) is 12.8 Å². The standard InChI is InChI=1S/C13H14ClNO2S2/c1-8-11-6-10(14)4-5-12(11)18-13(8)19(16,17)15-7-9-2-3-9/h4-6,9,15H,2-3,7H2,1H3. The zero-order valence-corrected chi connectivity index (χ0v) is 12.8. The molecule has 0 aliphatic heterocycles. The fourth-order valence-corrected chi connectivity index (χ4v) is 5.12. The molecule has 1 heterocycles. The molecule has 1 aliphatic carbocycles. The number of benzene rings is 1. The highest BCUT2D eigenvalue weighted by molar-refractivity contribution is 7.91. The molecular formula is C13H14ClNO2S2. The van der Waals surface area contributed by atoms with Crippen molar-refractivity contribution in [3.8, 4) is 0 Å². The molecule has 3 nitrogen and oxygen atoms in total. The SMILES string of the molecule is Cc1c(S(=O)(=O)NCC2CC2)sc2ccc(Cl)cc12. The minimum absolute atomic E-state index is 0.408. The number of nitrogens with one attached hydrogen (secondary N) is 1. The first kappa shape index (κ1) is 13.4.